The van der Waals surface area contributed by atoms with Crippen LogP contribution in [-0.4, -0.2) is 25.6 Å². The van der Waals surface area contributed by atoms with Gasteiger partial charge in [0.25, 0.3) is 0 Å². The molecule has 0 N–H and O–H groups in total. The highest BCUT2D eigenvalue weighted by atomic mass is 35.5. The van der Waals surface area contributed by atoms with E-state index in [4.69, 9.17) is 16.3 Å². The second-order valence-corrected chi connectivity index (χ2v) is 13.0. The Morgan fingerprint density at radius 2 is 1.88 bits per heavy atom. The Labute approximate surface area is 151 Å². The smallest absolute Gasteiger partial charge is 0.405 e. The molecule has 0 aliphatic carbocycles. The van der Waals surface area contributed by atoms with Gasteiger partial charge in [-0.1, -0.05) is 37.3 Å². The number of benzene rings is 1. The van der Waals surface area contributed by atoms with Gasteiger partial charge < -0.3 is 14.0 Å². The molecule has 0 aliphatic rings. The molecule has 0 atom stereocenters. The van der Waals surface area contributed by atoms with Gasteiger partial charge in [0, 0.05) is 38.2 Å². The SMILES string of the molecule is C[Si](C)(C)CCOCn1ccc(-c2c(Cl)cccc2OC(F)(F)F)c1. The zero-order chi connectivity index (χ0) is 18.7. The summed E-state index contributed by atoms with van der Waals surface area (Å²) in [5.74, 6) is -0.322. The monoisotopic (exact) mass is 391 g/mol. The Balaban J connectivity index is 2.11. The van der Waals surface area contributed by atoms with E-state index in [0.717, 1.165) is 6.04 Å². The van der Waals surface area contributed by atoms with E-state index in [1.807, 2.05) is 0 Å². The lowest BCUT2D eigenvalue weighted by Gasteiger charge is -2.15. The van der Waals surface area contributed by atoms with Crippen LogP contribution < -0.4 is 4.74 Å². The maximum Gasteiger partial charge on any atom is 0.573 e. The van der Waals surface area contributed by atoms with E-state index in [9.17, 15) is 13.2 Å². The molecule has 0 radical (unpaired) electrons. The van der Waals surface area contributed by atoms with Crippen LogP contribution in [0.1, 0.15) is 0 Å². The van der Waals surface area contributed by atoms with Crippen molar-refractivity contribution in [3.8, 4) is 16.9 Å². The fraction of sp³-hybridized carbons (Fsp3) is 0.412. The van der Waals surface area contributed by atoms with E-state index in [-0.39, 0.29) is 16.3 Å². The van der Waals surface area contributed by atoms with Gasteiger partial charge in [0.2, 0.25) is 0 Å². The Kier molecular flexibility index (Phi) is 6.24. The molecule has 25 heavy (non-hydrogen) atoms. The van der Waals surface area contributed by atoms with Crippen LogP contribution in [0, 0.1) is 0 Å². The Morgan fingerprint density at radius 1 is 1.16 bits per heavy atom. The van der Waals surface area contributed by atoms with Crippen LogP contribution in [-0.2, 0) is 11.5 Å². The number of hydrogen-bond donors (Lipinski definition) is 0. The number of nitrogens with zero attached hydrogens (tertiary/aromatic N) is 1. The topological polar surface area (TPSA) is 23.4 Å². The molecular weight excluding hydrogens is 371 g/mol. The third-order valence-corrected chi connectivity index (χ3v) is 5.50. The zero-order valence-electron chi connectivity index (χ0n) is 14.4. The summed E-state index contributed by atoms with van der Waals surface area (Å²) < 4.78 is 49.3. The molecule has 138 valence electrons. The first-order valence-electron chi connectivity index (χ1n) is 7.83. The van der Waals surface area contributed by atoms with Gasteiger partial charge in [0.1, 0.15) is 12.5 Å². The van der Waals surface area contributed by atoms with Crippen molar-refractivity contribution in [2.24, 2.45) is 0 Å². The van der Waals surface area contributed by atoms with Crippen LogP contribution >= 0.6 is 11.6 Å². The lowest BCUT2D eigenvalue weighted by atomic mass is 10.1. The summed E-state index contributed by atoms with van der Waals surface area (Å²) in [7, 11) is -1.16. The van der Waals surface area contributed by atoms with E-state index < -0.39 is 14.4 Å². The molecule has 2 aromatic rings. The van der Waals surface area contributed by atoms with Gasteiger partial charge in [-0.15, -0.1) is 13.2 Å². The molecule has 0 amide bonds. The van der Waals surface area contributed by atoms with Gasteiger partial charge in [-0.05, 0) is 24.2 Å². The molecule has 0 saturated heterocycles. The largest absolute Gasteiger partial charge is 0.573 e. The predicted octanol–water partition coefficient (Wildman–Crippen LogP) is 6.02. The molecule has 0 spiro atoms. The van der Waals surface area contributed by atoms with E-state index >= 15 is 0 Å². The van der Waals surface area contributed by atoms with Crippen LogP contribution in [0.5, 0.6) is 5.75 Å². The average molecular weight is 392 g/mol. The normalized spacial score (nSPS) is 12.4. The van der Waals surface area contributed by atoms with Crippen LogP contribution in [0.4, 0.5) is 13.2 Å². The number of ether oxygens (including phenoxy) is 2. The van der Waals surface area contributed by atoms with E-state index in [0.29, 0.717) is 18.9 Å². The van der Waals surface area contributed by atoms with E-state index in [1.54, 1.807) is 23.0 Å². The minimum absolute atomic E-state index is 0.194. The molecule has 0 bridgehead atoms. The highest BCUT2D eigenvalue weighted by molar-refractivity contribution is 6.76. The molecule has 0 aliphatic heterocycles. The molecule has 1 heterocycles. The van der Waals surface area contributed by atoms with Gasteiger partial charge in [-0.25, -0.2) is 0 Å². The fourth-order valence-electron chi connectivity index (χ4n) is 2.21. The van der Waals surface area contributed by atoms with Crippen molar-refractivity contribution >= 4 is 19.7 Å². The lowest BCUT2D eigenvalue weighted by Crippen LogP contribution is -2.21. The molecule has 3 nitrogen and oxygen atoms in total. The third-order valence-electron chi connectivity index (χ3n) is 3.48. The molecule has 0 fully saturated rings. The van der Waals surface area contributed by atoms with Crippen molar-refractivity contribution in [1.29, 1.82) is 0 Å². The van der Waals surface area contributed by atoms with Crippen molar-refractivity contribution in [3.63, 3.8) is 0 Å². The second-order valence-electron chi connectivity index (χ2n) is 6.92. The van der Waals surface area contributed by atoms with E-state index in [1.165, 1.54) is 18.2 Å². The molecule has 2 rings (SSSR count). The second kappa shape index (κ2) is 7.84. The summed E-state index contributed by atoms with van der Waals surface area (Å²) in [6, 6.07) is 6.93. The number of rotatable bonds is 7. The van der Waals surface area contributed by atoms with Crippen molar-refractivity contribution in [1.82, 2.24) is 4.57 Å². The molecule has 8 heteroatoms. The highest BCUT2D eigenvalue weighted by Crippen LogP contribution is 2.39. The van der Waals surface area contributed by atoms with Gasteiger partial charge in [0.15, 0.2) is 0 Å². The maximum absolute atomic E-state index is 12.6. The first kappa shape index (κ1) is 19.9. The minimum atomic E-state index is -4.78. The van der Waals surface area contributed by atoms with Crippen molar-refractivity contribution in [2.75, 3.05) is 6.61 Å². The summed E-state index contributed by atoms with van der Waals surface area (Å²) in [6.07, 6.45) is -1.34. The van der Waals surface area contributed by atoms with E-state index in [2.05, 4.69) is 24.4 Å². The van der Waals surface area contributed by atoms with Crippen molar-refractivity contribution < 1.29 is 22.6 Å². The van der Waals surface area contributed by atoms with Crippen molar-refractivity contribution in [2.45, 2.75) is 38.8 Å². The Hall–Kier alpha value is -1.44. The molecule has 1 aromatic carbocycles. The molecular formula is C17H21ClF3NO2Si. The Bertz CT molecular complexity index is 711. The molecule has 1 aromatic heterocycles. The summed E-state index contributed by atoms with van der Waals surface area (Å²) in [5, 5.41) is 0.194. The van der Waals surface area contributed by atoms with Crippen LogP contribution in [0.3, 0.4) is 0 Å². The predicted molar refractivity (Wildman–Crippen MR) is 95.7 cm³/mol. The number of hydrogen-bond acceptors (Lipinski definition) is 2. The first-order valence-corrected chi connectivity index (χ1v) is 11.9. The molecule has 0 saturated carbocycles. The quantitative estimate of drug-likeness (QED) is 0.425. The lowest BCUT2D eigenvalue weighted by molar-refractivity contribution is -0.274. The summed E-state index contributed by atoms with van der Waals surface area (Å²) in [5.41, 5.74) is 0.751. The third kappa shape index (κ3) is 6.41. The van der Waals surface area contributed by atoms with Crippen LogP contribution in [0.25, 0.3) is 11.1 Å². The molecule has 0 unspecified atom stereocenters. The summed E-state index contributed by atoms with van der Waals surface area (Å²) in [6.45, 7) is 7.80. The summed E-state index contributed by atoms with van der Waals surface area (Å²) in [4.78, 5) is 0. The van der Waals surface area contributed by atoms with Crippen LogP contribution in [0.2, 0.25) is 30.7 Å². The van der Waals surface area contributed by atoms with Gasteiger partial charge in [-0.3, -0.25) is 0 Å². The number of alkyl halides is 3. The fourth-order valence-corrected chi connectivity index (χ4v) is 3.24. The number of halogens is 4. The summed E-state index contributed by atoms with van der Waals surface area (Å²) >= 11 is 6.10. The minimum Gasteiger partial charge on any atom is -0.405 e. The zero-order valence-corrected chi connectivity index (χ0v) is 16.1. The van der Waals surface area contributed by atoms with Crippen LogP contribution in [0.15, 0.2) is 36.7 Å². The first-order chi connectivity index (χ1) is 11.6. The highest BCUT2D eigenvalue weighted by Gasteiger charge is 2.32. The number of aromatic nitrogens is 1. The van der Waals surface area contributed by atoms with Gasteiger partial charge in [-0.2, -0.15) is 0 Å². The average Bonchev–Trinajstić information content (AvgIpc) is 2.89. The Morgan fingerprint density at radius 3 is 2.52 bits per heavy atom. The van der Waals surface area contributed by atoms with Gasteiger partial charge in [0.05, 0.1) is 5.02 Å². The standard InChI is InChI=1S/C17H21ClF3NO2Si/c1-25(2,3)10-9-23-12-22-8-7-13(11-22)16-14(18)5-4-6-15(16)24-17(19,20)21/h4-8,11H,9-10,12H2,1-3H3. The van der Waals surface area contributed by atoms with Gasteiger partial charge >= 0.3 is 6.36 Å². The maximum atomic E-state index is 12.6. The van der Waals surface area contributed by atoms with Crippen molar-refractivity contribution in [3.05, 3.63) is 41.7 Å².